The van der Waals surface area contributed by atoms with Crippen LogP contribution in [0.15, 0.2) is 42.7 Å². The van der Waals surface area contributed by atoms with Crippen LogP contribution in [0.25, 0.3) is 16.7 Å². The standard InChI is InChI=1S/C15H8F2N2O3.C6H13N/c16-15(17)21-12-2-1-11(6-13(12)22-15)19-4-3-10-5-9(8-20)7-18-14(10)19;1-7-5-3-2-4-6-7/h1-8H;2-6H2,1H3. The molecule has 0 spiro atoms. The summed E-state index contributed by atoms with van der Waals surface area (Å²) in [5.41, 5.74) is 1.67. The van der Waals surface area contributed by atoms with E-state index in [1.54, 1.807) is 29.0 Å². The molecule has 0 saturated carbocycles. The third-order valence-corrected chi connectivity index (χ3v) is 4.93. The van der Waals surface area contributed by atoms with Crippen LogP contribution in [0.1, 0.15) is 29.6 Å². The topological polar surface area (TPSA) is 56.6 Å². The molecule has 29 heavy (non-hydrogen) atoms. The number of carbonyl (C=O) groups is 1. The Kier molecular flexibility index (Phi) is 5.19. The first-order valence-electron chi connectivity index (χ1n) is 9.46. The van der Waals surface area contributed by atoms with Crippen LogP contribution in [-0.4, -0.2) is 47.2 Å². The number of carbonyl (C=O) groups excluding carboxylic acids is 1. The molecule has 0 N–H and O–H groups in total. The van der Waals surface area contributed by atoms with Crippen molar-refractivity contribution in [2.24, 2.45) is 0 Å². The number of benzene rings is 1. The molecular formula is C21H21F2N3O3. The van der Waals surface area contributed by atoms with Gasteiger partial charge in [-0.3, -0.25) is 4.79 Å². The van der Waals surface area contributed by atoms with Gasteiger partial charge in [-0.25, -0.2) is 4.98 Å². The fourth-order valence-corrected chi connectivity index (χ4v) is 3.45. The van der Waals surface area contributed by atoms with Crippen molar-refractivity contribution in [1.82, 2.24) is 14.5 Å². The van der Waals surface area contributed by atoms with E-state index >= 15 is 0 Å². The number of piperidine rings is 1. The summed E-state index contributed by atoms with van der Waals surface area (Å²) in [6.45, 7) is 2.64. The van der Waals surface area contributed by atoms with E-state index in [-0.39, 0.29) is 11.5 Å². The molecule has 0 aliphatic carbocycles. The number of halogens is 2. The molecule has 8 heteroatoms. The molecule has 0 amide bonds. The van der Waals surface area contributed by atoms with Crippen LogP contribution in [0.4, 0.5) is 8.78 Å². The van der Waals surface area contributed by atoms with Crippen LogP contribution in [0, 0.1) is 0 Å². The Labute approximate surface area is 166 Å². The molecule has 0 bridgehead atoms. The summed E-state index contributed by atoms with van der Waals surface area (Å²) in [5, 5.41) is 0.771. The lowest BCUT2D eigenvalue weighted by Crippen LogP contribution is -2.25. The van der Waals surface area contributed by atoms with Crippen molar-refractivity contribution in [2.45, 2.75) is 25.6 Å². The largest absolute Gasteiger partial charge is 0.586 e. The minimum atomic E-state index is -3.64. The van der Waals surface area contributed by atoms with Crippen molar-refractivity contribution in [3.63, 3.8) is 0 Å². The average molecular weight is 401 g/mol. The number of hydrogen-bond donors (Lipinski definition) is 0. The number of rotatable bonds is 2. The molecule has 0 atom stereocenters. The summed E-state index contributed by atoms with van der Waals surface area (Å²) < 4.78 is 36.6. The second-order valence-corrected chi connectivity index (χ2v) is 7.15. The second-order valence-electron chi connectivity index (χ2n) is 7.15. The molecule has 2 aliphatic rings. The highest BCUT2D eigenvalue weighted by Crippen LogP contribution is 2.42. The lowest BCUT2D eigenvalue weighted by atomic mass is 10.1. The van der Waals surface area contributed by atoms with Crippen molar-refractivity contribution in [3.05, 3.63) is 48.3 Å². The van der Waals surface area contributed by atoms with Crippen LogP contribution in [0.5, 0.6) is 11.5 Å². The van der Waals surface area contributed by atoms with Crippen molar-refractivity contribution < 1.29 is 23.0 Å². The van der Waals surface area contributed by atoms with Gasteiger partial charge in [0.1, 0.15) is 5.65 Å². The Morgan fingerprint density at radius 2 is 1.83 bits per heavy atom. The van der Waals surface area contributed by atoms with Gasteiger partial charge in [-0.2, -0.15) is 0 Å². The number of fused-ring (bicyclic) bond motifs is 2. The van der Waals surface area contributed by atoms with Crippen molar-refractivity contribution in [2.75, 3.05) is 20.1 Å². The van der Waals surface area contributed by atoms with Crippen molar-refractivity contribution in [3.8, 4) is 17.2 Å². The molecule has 0 unspecified atom stereocenters. The fourth-order valence-electron chi connectivity index (χ4n) is 3.45. The molecule has 1 fully saturated rings. The van der Waals surface area contributed by atoms with Gasteiger partial charge < -0.3 is 18.9 Å². The van der Waals surface area contributed by atoms with Gasteiger partial charge in [-0.1, -0.05) is 6.42 Å². The summed E-state index contributed by atoms with van der Waals surface area (Å²) in [5.74, 6) is -0.0460. The Balaban J connectivity index is 0.000000249. The predicted molar refractivity (Wildman–Crippen MR) is 104 cm³/mol. The summed E-state index contributed by atoms with van der Waals surface area (Å²) in [4.78, 5) is 17.4. The maximum atomic E-state index is 13.1. The summed E-state index contributed by atoms with van der Waals surface area (Å²) in [7, 11) is 2.19. The third-order valence-electron chi connectivity index (χ3n) is 4.93. The fraction of sp³-hybridized carbons (Fsp3) is 0.333. The van der Waals surface area contributed by atoms with Crippen LogP contribution < -0.4 is 9.47 Å². The molecule has 0 radical (unpaired) electrons. The van der Waals surface area contributed by atoms with Gasteiger partial charge in [0.15, 0.2) is 17.8 Å². The van der Waals surface area contributed by atoms with Gasteiger partial charge in [0.25, 0.3) is 0 Å². The van der Waals surface area contributed by atoms with Crippen LogP contribution in [0.2, 0.25) is 0 Å². The number of alkyl halides is 2. The zero-order valence-corrected chi connectivity index (χ0v) is 16.0. The summed E-state index contributed by atoms with van der Waals surface area (Å²) in [6.07, 6.45) is 4.54. The van der Waals surface area contributed by atoms with Gasteiger partial charge in [0.2, 0.25) is 0 Å². The highest BCUT2D eigenvalue weighted by Gasteiger charge is 2.43. The lowest BCUT2D eigenvalue weighted by Gasteiger charge is -2.20. The number of aromatic nitrogens is 2. The van der Waals surface area contributed by atoms with E-state index in [1.807, 2.05) is 0 Å². The zero-order valence-electron chi connectivity index (χ0n) is 16.0. The maximum Gasteiger partial charge on any atom is 0.586 e. The first-order chi connectivity index (χ1) is 13.9. The second kappa shape index (κ2) is 7.79. The first kappa shape index (κ1) is 19.3. The Hall–Kier alpha value is -3.00. The van der Waals surface area contributed by atoms with E-state index < -0.39 is 6.29 Å². The monoisotopic (exact) mass is 401 g/mol. The minimum absolute atomic E-state index is 0.0126. The molecule has 2 aliphatic heterocycles. The van der Waals surface area contributed by atoms with Crippen LogP contribution in [-0.2, 0) is 0 Å². The van der Waals surface area contributed by atoms with Gasteiger partial charge >= 0.3 is 6.29 Å². The quantitative estimate of drug-likeness (QED) is 0.601. The molecule has 6 nitrogen and oxygen atoms in total. The van der Waals surface area contributed by atoms with E-state index in [1.165, 1.54) is 50.7 Å². The van der Waals surface area contributed by atoms with E-state index in [2.05, 4.69) is 26.4 Å². The Morgan fingerprint density at radius 1 is 1.07 bits per heavy atom. The summed E-state index contributed by atoms with van der Waals surface area (Å²) in [6, 6.07) is 7.97. The predicted octanol–water partition coefficient (Wildman–Crippen LogP) is 4.26. The van der Waals surface area contributed by atoms with Crippen molar-refractivity contribution in [1.29, 1.82) is 0 Å². The maximum absolute atomic E-state index is 13.1. The van der Waals surface area contributed by atoms with Gasteiger partial charge in [0.05, 0.1) is 5.69 Å². The molecule has 3 aromatic rings. The minimum Gasteiger partial charge on any atom is -0.395 e. The molecule has 4 heterocycles. The van der Waals surface area contributed by atoms with Gasteiger partial charge in [0, 0.05) is 29.4 Å². The highest BCUT2D eigenvalue weighted by atomic mass is 19.3. The third kappa shape index (κ3) is 4.22. The molecular weight excluding hydrogens is 380 g/mol. The Morgan fingerprint density at radius 3 is 2.52 bits per heavy atom. The number of aldehydes is 1. The van der Waals surface area contributed by atoms with E-state index in [4.69, 9.17) is 0 Å². The Bertz CT molecular complexity index is 1030. The lowest BCUT2D eigenvalue weighted by molar-refractivity contribution is -0.286. The number of ether oxygens (including phenoxy) is 2. The van der Waals surface area contributed by atoms with Gasteiger partial charge in [-0.05, 0) is 57.2 Å². The number of likely N-dealkylation sites (tertiary alicyclic amines) is 1. The SMILES string of the molecule is CN1CCCCC1.O=Cc1cnc2c(ccn2-c2ccc3c(c2)OC(F)(F)O3)c1. The van der Waals surface area contributed by atoms with Crippen LogP contribution in [0.3, 0.4) is 0 Å². The van der Waals surface area contributed by atoms with Crippen LogP contribution >= 0.6 is 0 Å². The zero-order chi connectivity index (χ0) is 20.4. The molecule has 5 rings (SSSR count). The smallest absolute Gasteiger partial charge is 0.395 e. The molecule has 1 saturated heterocycles. The number of pyridine rings is 1. The summed E-state index contributed by atoms with van der Waals surface area (Å²) >= 11 is 0. The highest BCUT2D eigenvalue weighted by molar-refractivity contribution is 5.85. The van der Waals surface area contributed by atoms with E-state index in [9.17, 15) is 13.6 Å². The van der Waals surface area contributed by atoms with E-state index in [0.717, 1.165) is 5.39 Å². The number of nitrogens with zero attached hydrogens (tertiary/aromatic N) is 3. The number of hydrogen-bond acceptors (Lipinski definition) is 5. The molecule has 152 valence electrons. The molecule has 1 aromatic carbocycles. The van der Waals surface area contributed by atoms with Crippen molar-refractivity contribution >= 4 is 17.3 Å². The molecule has 2 aromatic heterocycles. The first-order valence-corrected chi connectivity index (χ1v) is 9.46. The van der Waals surface area contributed by atoms with E-state index in [0.29, 0.717) is 23.2 Å². The normalized spacial score (nSPS) is 17.6. The van der Waals surface area contributed by atoms with Gasteiger partial charge in [-0.15, -0.1) is 8.78 Å². The average Bonchev–Trinajstić information content (AvgIpc) is 3.26.